The lowest BCUT2D eigenvalue weighted by Gasteiger charge is -2.10. The number of rotatable bonds is 2. The predicted octanol–water partition coefficient (Wildman–Crippen LogP) is 4.97. The lowest BCUT2D eigenvalue weighted by molar-refractivity contribution is 0.629. The average Bonchev–Trinajstić information content (AvgIpc) is 2.76. The first-order valence-corrected chi connectivity index (χ1v) is 7.42. The molecule has 1 heterocycles. The zero-order valence-corrected chi connectivity index (χ0v) is 13.0. The second-order valence-electron chi connectivity index (χ2n) is 4.58. The van der Waals surface area contributed by atoms with Crippen LogP contribution in [0, 0.1) is 12.7 Å². The largest absolute Gasteiger partial charge is 0.294 e. The summed E-state index contributed by atoms with van der Waals surface area (Å²) in [6.07, 6.45) is 0. The van der Waals surface area contributed by atoms with Crippen molar-refractivity contribution < 1.29 is 4.39 Å². The van der Waals surface area contributed by atoms with Crippen LogP contribution >= 0.6 is 27.5 Å². The Kier molecular flexibility index (Phi) is 3.52. The number of fused-ring (bicyclic) bond motifs is 1. The summed E-state index contributed by atoms with van der Waals surface area (Å²) in [5.41, 5.74) is 3.49. The normalized spacial score (nSPS) is 11.2. The summed E-state index contributed by atoms with van der Waals surface area (Å²) >= 11 is 9.54. The van der Waals surface area contributed by atoms with Gasteiger partial charge >= 0.3 is 0 Å². The maximum atomic E-state index is 13.5. The highest BCUT2D eigenvalue weighted by molar-refractivity contribution is 9.10. The molecule has 0 atom stereocenters. The van der Waals surface area contributed by atoms with Gasteiger partial charge in [-0.1, -0.05) is 6.07 Å². The van der Waals surface area contributed by atoms with E-state index >= 15 is 0 Å². The summed E-state index contributed by atoms with van der Waals surface area (Å²) in [6, 6.07) is 10.5. The first-order chi connectivity index (χ1) is 9.60. The van der Waals surface area contributed by atoms with Gasteiger partial charge in [0, 0.05) is 10.5 Å². The van der Waals surface area contributed by atoms with Crippen molar-refractivity contribution in [2.75, 3.05) is 0 Å². The highest BCUT2D eigenvalue weighted by Crippen LogP contribution is 2.29. The lowest BCUT2D eigenvalue weighted by atomic mass is 10.2. The molecule has 0 saturated heterocycles. The predicted molar refractivity (Wildman–Crippen MR) is 83.0 cm³/mol. The highest BCUT2D eigenvalue weighted by Gasteiger charge is 2.14. The molecule has 2 nitrogen and oxygen atoms in total. The molecule has 0 aliphatic rings. The maximum absolute atomic E-state index is 13.5. The van der Waals surface area contributed by atoms with Crippen LogP contribution in [-0.4, -0.2) is 9.55 Å². The van der Waals surface area contributed by atoms with Crippen LogP contribution in [0.25, 0.3) is 16.7 Å². The Bertz CT molecular complexity index is 798. The fourth-order valence-corrected chi connectivity index (χ4v) is 3.10. The number of nitrogens with zero attached hydrogens (tertiary/aromatic N) is 2. The summed E-state index contributed by atoms with van der Waals surface area (Å²) in [4.78, 5) is 4.46. The Labute approximate surface area is 129 Å². The molecule has 0 bridgehead atoms. The lowest BCUT2D eigenvalue weighted by Crippen LogP contribution is -2.00. The molecule has 5 heteroatoms. The SMILES string of the molecule is Cc1ccc(-n2c(CCl)nc3ccc(F)cc32)c(Br)c1. The van der Waals surface area contributed by atoms with Gasteiger partial charge in [-0.15, -0.1) is 11.6 Å². The van der Waals surface area contributed by atoms with E-state index < -0.39 is 0 Å². The first-order valence-electron chi connectivity index (χ1n) is 6.09. The van der Waals surface area contributed by atoms with Crippen molar-refractivity contribution in [3.63, 3.8) is 0 Å². The Hall–Kier alpha value is -1.39. The van der Waals surface area contributed by atoms with Crippen LogP contribution in [0.5, 0.6) is 0 Å². The van der Waals surface area contributed by atoms with Gasteiger partial charge in [0.2, 0.25) is 0 Å². The molecule has 0 aliphatic heterocycles. The summed E-state index contributed by atoms with van der Waals surface area (Å²) < 4.78 is 16.3. The monoisotopic (exact) mass is 352 g/mol. The third-order valence-electron chi connectivity index (χ3n) is 3.15. The fraction of sp³-hybridized carbons (Fsp3) is 0.133. The third-order valence-corrected chi connectivity index (χ3v) is 4.02. The van der Waals surface area contributed by atoms with E-state index in [9.17, 15) is 4.39 Å². The zero-order valence-electron chi connectivity index (χ0n) is 10.7. The molecule has 0 fully saturated rings. The van der Waals surface area contributed by atoms with Crippen LogP contribution in [0.3, 0.4) is 0 Å². The minimum Gasteiger partial charge on any atom is -0.294 e. The van der Waals surface area contributed by atoms with E-state index in [0.717, 1.165) is 21.2 Å². The van der Waals surface area contributed by atoms with Gasteiger partial charge in [0.1, 0.15) is 11.6 Å². The van der Waals surface area contributed by atoms with Crippen LogP contribution in [0.1, 0.15) is 11.4 Å². The van der Waals surface area contributed by atoms with Gasteiger partial charge in [-0.05, 0) is 52.7 Å². The van der Waals surface area contributed by atoms with Crippen molar-refractivity contribution in [1.29, 1.82) is 0 Å². The molecule has 102 valence electrons. The quantitative estimate of drug-likeness (QED) is 0.594. The van der Waals surface area contributed by atoms with Gasteiger partial charge in [-0.2, -0.15) is 0 Å². The molecule has 0 spiro atoms. The van der Waals surface area contributed by atoms with E-state index in [2.05, 4.69) is 20.9 Å². The molecule has 0 radical (unpaired) electrons. The molecular formula is C15H11BrClFN2. The number of aromatic nitrogens is 2. The molecule has 3 rings (SSSR count). The van der Waals surface area contributed by atoms with E-state index in [1.54, 1.807) is 6.07 Å². The van der Waals surface area contributed by atoms with Gasteiger partial charge in [0.15, 0.2) is 0 Å². The van der Waals surface area contributed by atoms with Crippen molar-refractivity contribution in [2.24, 2.45) is 0 Å². The molecule has 3 aromatic rings. The minimum absolute atomic E-state index is 0.261. The van der Waals surface area contributed by atoms with Gasteiger partial charge in [0.25, 0.3) is 0 Å². The Morgan fingerprint density at radius 1 is 1.25 bits per heavy atom. The van der Waals surface area contributed by atoms with E-state index in [-0.39, 0.29) is 11.7 Å². The summed E-state index contributed by atoms with van der Waals surface area (Å²) in [7, 11) is 0. The van der Waals surface area contributed by atoms with Crippen LogP contribution < -0.4 is 0 Å². The van der Waals surface area contributed by atoms with E-state index in [1.165, 1.54) is 12.1 Å². The van der Waals surface area contributed by atoms with Crippen molar-refractivity contribution in [3.05, 3.63) is 58.1 Å². The van der Waals surface area contributed by atoms with Crippen molar-refractivity contribution in [3.8, 4) is 5.69 Å². The van der Waals surface area contributed by atoms with Crippen molar-refractivity contribution in [2.45, 2.75) is 12.8 Å². The Balaban J connectivity index is 2.36. The van der Waals surface area contributed by atoms with Crippen LogP contribution in [0.15, 0.2) is 40.9 Å². The number of benzene rings is 2. The Morgan fingerprint density at radius 2 is 2.05 bits per heavy atom. The van der Waals surface area contributed by atoms with E-state index in [1.807, 2.05) is 29.7 Å². The molecule has 0 aliphatic carbocycles. The third kappa shape index (κ3) is 2.23. The van der Waals surface area contributed by atoms with Crippen LogP contribution in [0.4, 0.5) is 4.39 Å². The number of imidazole rings is 1. The molecule has 0 unspecified atom stereocenters. The zero-order chi connectivity index (χ0) is 14.3. The molecule has 1 aromatic heterocycles. The number of alkyl halides is 1. The standard InChI is InChI=1S/C15H11BrClFN2/c1-9-2-5-13(11(16)6-9)20-14-7-10(18)3-4-12(14)19-15(20)8-17/h2-7H,8H2,1H3. The molecule has 0 saturated carbocycles. The van der Waals surface area contributed by atoms with Crippen LogP contribution in [-0.2, 0) is 5.88 Å². The van der Waals surface area contributed by atoms with Gasteiger partial charge in [-0.3, -0.25) is 4.57 Å². The maximum Gasteiger partial charge on any atom is 0.129 e. The van der Waals surface area contributed by atoms with Crippen LogP contribution in [0.2, 0.25) is 0 Å². The topological polar surface area (TPSA) is 17.8 Å². The first kappa shape index (κ1) is 13.6. The van der Waals surface area contributed by atoms with Gasteiger partial charge in [-0.25, -0.2) is 9.37 Å². The number of hydrogen-bond acceptors (Lipinski definition) is 1. The molecule has 2 aromatic carbocycles. The van der Waals surface area contributed by atoms with Gasteiger partial charge in [0.05, 0.1) is 22.6 Å². The smallest absolute Gasteiger partial charge is 0.129 e. The van der Waals surface area contributed by atoms with E-state index in [4.69, 9.17) is 11.6 Å². The summed E-state index contributed by atoms with van der Waals surface area (Å²) in [5, 5.41) is 0. The average molecular weight is 354 g/mol. The van der Waals surface area contributed by atoms with Crippen molar-refractivity contribution >= 4 is 38.6 Å². The number of hydrogen-bond donors (Lipinski definition) is 0. The number of aryl methyl sites for hydroxylation is 1. The van der Waals surface area contributed by atoms with E-state index in [0.29, 0.717) is 11.3 Å². The number of halogens is 3. The second kappa shape index (κ2) is 5.19. The molecular weight excluding hydrogens is 343 g/mol. The summed E-state index contributed by atoms with van der Waals surface area (Å²) in [6.45, 7) is 2.02. The molecule has 20 heavy (non-hydrogen) atoms. The second-order valence-corrected chi connectivity index (χ2v) is 5.71. The minimum atomic E-state index is -0.289. The summed E-state index contributed by atoms with van der Waals surface area (Å²) in [5.74, 6) is 0.663. The van der Waals surface area contributed by atoms with Crippen molar-refractivity contribution in [1.82, 2.24) is 9.55 Å². The fourth-order valence-electron chi connectivity index (χ4n) is 2.25. The molecule has 0 amide bonds. The molecule has 0 N–H and O–H groups in total. The van der Waals surface area contributed by atoms with Gasteiger partial charge < -0.3 is 0 Å². The highest BCUT2D eigenvalue weighted by atomic mass is 79.9. The Morgan fingerprint density at radius 3 is 2.75 bits per heavy atom.